The van der Waals surface area contributed by atoms with Crippen molar-refractivity contribution in [2.24, 2.45) is 11.7 Å². The van der Waals surface area contributed by atoms with E-state index in [-0.39, 0.29) is 12.0 Å². The van der Waals surface area contributed by atoms with Gasteiger partial charge in [-0.25, -0.2) is 0 Å². The van der Waals surface area contributed by atoms with Crippen LogP contribution in [0.2, 0.25) is 0 Å². The quantitative estimate of drug-likeness (QED) is 0.806. The van der Waals surface area contributed by atoms with E-state index in [0.717, 1.165) is 18.8 Å². The molecule has 0 aliphatic carbocycles. The zero-order chi connectivity index (χ0) is 13.7. The molecule has 104 valence electrons. The van der Waals surface area contributed by atoms with Gasteiger partial charge in [0.15, 0.2) is 5.82 Å². The molecule has 0 fully saturated rings. The first-order valence-electron chi connectivity index (χ1n) is 6.66. The monoisotopic (exact) mass is 254 g/mol. The van der Waals surface area contributed by atoms with Crippen LogP contribution in [0.15, 0.2) is 4.52 Å². The van der Waals surface area contributed by atoms with Crippen molar-refractivity contribution < 1.29 is 4.52 Å². The van der Waals surface area contributed by atoms with E-state index in [1.807, 2.05) is 13.8 Å². The minimum Gasteiger partial charge on any atom is -0.339 e. The third-order valence-electron chi connectivity index (χ3n) is 3.09. The van der Waals surface area contributed by atoms with Gasteiger partial charge in [-0.15, -0.1) is 0 Å². The second-order valence-corrected chi connectivity index (χ2v) is 5.64. The second-order valence-electron chi connectivity index (χ2n) is 5.64. The first-order chi connectivity index (χ1) is 8.40. The summed E-state index contributed by atoms with van der Waals surface area (Å²) in [4.78, 5) is 6.54. The van der Waals surface area contributed by atoms with Crippen LogP contribution >= 0.6 is 0 Å². The van der Waals surface area contributed by atoms with E-state index in [2.05, 4.69) is 35.9 Å². The molecule has 0 aromatic carbocycles. The lowest BCUT2D eigenvalue weighted by atomic mass is 10.0. The highest BCUT2D eigenvalue weighted by atomic mass is 16.5. The van der Waals surface area contributed by atoms with E-state index in [9.17, 15) is 0 Å². The van der Waals surface area contributed by atoms with Crippen molar-refractivity contribution in [3.63, 3.8) is 0 Å². The van der Waals surface area contributed by atoms with Crippen molar-refractivity contribution >= 4 is 0 Å². The fourth-order valence-electron chi connectivity index (χ4n) is 1.59. The van der Waals surface area contributed by atoms with Crippen molar-refractivity contribution in [3.05, 3.63) is 11.7 Å². The lowest BCUT2D eigenvalue weighted by molar-refractivity contribution is 0.283. The minimum atomic E-state index is 0.254. The topological polar surface area (TPSA) is 68.2 Å². The van der Waals surface area contributed by atoms with Gasteiger partial charge < -0.3 is 10.3 Å². The van der Waals surface area contributed by atoms with E-state index in [1.54, 1.807) is 0 Å². The molecule has 0 radical (unpaired) electrons. The van der Waals surface area contributed by atoms with Crippen LogP contribution in [0.4, 0.5) is 0 Å². The Morgan fingerprint density at radius 3 is 2.44 bits per heavy atom. The molecule has 0 aliphatic heterocycles. The Hall–Kier alpha value is -0.940. The lowest BCUT2D eigenvalue weighted by Crippen LogP contribution is -2.31. The van der Waals surface area contributed by atoms with Crippen LogP contribution in [0, 0.1) is 5.92 Å². The molecule has 1 aromatic heterocycles. The summed E-state index contributed by atoms with van der Waals surface area (Å²) >= 11 is 0. The molecule has 1 rings (SSSR count). The van der Waals surface area contributed by atoms with Crippen LogP contribution in [0.5, 0.6) is 0 Å². The fourth-order valence-corrected chi connectivity index (χ4v) is 1.59. The normalized spacial score (nSPS) is 13.8. The number of hydrogen-bond acceptors (Lipinski definition) is 5. The van der Waals surface area contributed by atoms with Gasteiger partial charge in [0.05, 0.1) is 6.54 Å². The SMILES string of the molecule is CC(C)c1nc(CN(C)CCC(N)C(C)C)no1. The highest BCUT2D eigenvalue weighted by Crippen LogP contribution is 2.12. The third kappa shape index (κ3) is 4.74. The molecule has 0 aliphatic rings. The van der Waals surface area contributed by atoms with E-state index in [4.69, 9.17) is 10.3 Å². The van der Waals surface area contributed by atoms with Crippen LogP contribution in [-0.4, -0.2) is 34.7 Å². The van der Waals surface area contributed by atoms with Crippen LogP contribution in [-0.2, 0) is 6.54 Å². The molecule has 5 nitrogen and oxygen atoms in total. The van der Waals surface area contributed by atoms with E-state index >= 15 is 0 Å². The predicted molar refractivity (Wildman–Crippen MR) is 72.2 cm³/mol. The molecule has 18 heavy (non-hydrogen) atoms. The Morgan fingerprint density at radius 1 is 1.28 bits per heavy atom. The summed E-state index contributed by atoms with van der Waals surface area (Å²) in [5.74, 6) is 2.26. The maximum atomic E-state index is 6.03. The molecule has 0 bridgehead atoms. The van der Waals surface area contributed by atoms with Gasteiger partial charge in [0.2, 0.25) is 5.89 Å². The van der Waals surface area contributed by atoms with Crippen LogP contribution in [0.3, 0.4) is 0 Å². The summed E-state index contributed by atoms with van der Waals surface area (Å²) < 4.78 is 5.18. The average Bonchev–Trinajstić information content (AvgIpc) is 2.74. The van der Waals surface area contributed by atoms with Gasteiger partial charge >= 0.3 is 0 Å². The number of aromatic nitrogens is 2. The molecule has 0 spiro atoms. The molecule has 1 heterocycles. The van der Waals surface area contributed by atoms with E-state index < -0.39 is 0 Å². The summed E-state index contributed by atoms with van der Waals surface area (Å²) in [6.45, 7) is 10.1. The maximum absolute atomic E-state index is 6.03. The summed E-state index contributed by atoms with van der Waals surface area (Å²) in [6.07, 6.45) is 0.989. The molecule has 0 amide bonds. The van der Waals surface area contributed by atoms with Gasteiger partial charge in [0.1, 0.15) is 0 Å². The Kier molecular flexibility index (Phi) is 5.75. The highest BCUT2D eigenvalue weighted by Gasteiger charge is 2.13. The molecule has 1 aromatic rings. The molecular weight excluding hydrogens is 228 g/mol. The zero-order valence-electron chi connectivity index (χ0n) is 12.2. The van der Waals surface area contributed by atoms with E-state index in [1.165, 1.54) is 0 Å². The number of rotatable bonds is 7. The number of hydrogen-bond donors (Lipinski definition) is 1. The second kappa shape index (κ2) is 6.85. The standard InChI is InChI=1S/C13H26N4O/c1-9(2)11(14)6-7-17(5)8-12-15-13(10(3)4)18-16-12/h9-11H,6-8,14H2,1-5H3. The summed E-state index contributed by atoms with van der Waals surface area (Å²) in [7, 11) is 2.05. The highest BCUT2D eigenvalue weighted by molar-refractivity contribution is 4.90. The Labute approximate surface area is 110 Å². The first-order valence-corrected chi connectivity index (χ1v) is 6.66. The molecular formula is C13H26N4O. The maximum Gasteiger partial charge on any atom is 0.229 e. The van der Waals surface area contributed by atoms with Gasteiger partial charge in [-0.05, 0) is 25.9 Å². The van der Waals surface area contributed by atoms with Crippen molar-refractivity contribution in [3.8, 4) is 0 Å². The predicted octanol–water partition coefficient (Wildman–Crippen LogP) is 2.00. The Bertz CT molecular complexity index is 349. The Balaban J connectivity index is 2.37. The smallest absolute Gasteiger partial charge is 0.229 e. The molecule has 0 saturated heterocycles. The third-order valence-corrected chi connectivity index (χ3v) is 3.09. The lowest BCUT2D eigenvalue weighted by Gasteiger charge is -2.20. The average molecular weight is 254 g/mol. The largest absolute Gasteiger partial charge is 0.339 e. The number of nitrogens with zero attached hydrogens (tertiary/aromatic N) is 3. The molecule has 2 N–H and O–H groups in total. The van der Waals surface area contributed by atoms with Crippen molar-refractivity contribution in [1.82, 2.24) is 15.0 Å². The first kappa shape index (κ1) is 15.1. The van der Waals surface area contributed by atoms with Gasteiger partial charge in [-0.2, -0.15) is 4.98 Å². The van der Waals surface area contributed by atoms with Gasteiger partial charge in [0.25, 0.3) is 0 Å². The van der Waals surface area contributed by atoms with Gasteiger partial charge in [-0.1, -0.05) is 32.9 Å². The zero-order valence-corrected chi connectivity index (χ0v) is 12.2. The van der Waals surface area contributed by atoms with Gasteiger partial charge in [0, 0.05) is 12.0 Å². The summed E-state index contributed by atoms with van der Waals surface area (Å²) in [5, 5.41) is 3.98. The van der Waals surface area contributed by atoms with Crippen LogP contribution < -0.4 is 5.73 Å². The Morgan fingerprint density at radius 2 is 1.94 bits per heavy atom. The van der Waals surface area contributed by atoms with Crippen LogP contribution in [0.1, 0.15) is 51.7 Å². The van der Waals surface area contributed by atoms with Gasteiger partial charge in [-0.3, -0.25) is 4.90 Å². The van der Waals surface area contributed by atoms with Crippen molar-refractivity contribution in [2.45, 2.75) is 52.6 Å². The van der Waals surface area contributed by atoms with E-state index in [0.29, 0.717) is 18.4 Å². The fraction of sp³-hybridized carbons (Fsp3) is 0.846. The van der Waals surface area contributed by atoms with Crippen LogP contribution in [0.25, 0.3) is 0 Å². The van der Waals surface area contributed by atoms with Crippen molar-refractivity contribution in [2.75, 3.05) is 13.6 Å². The molecule has 1 atom stereocenters. The minimum absolute atomic E-state index is 0.254. The van der Waals surface area contributed by atoms with Crippen molar-refractivity contribution in [1.29, 1.82) is 0 Å². The molecule has 5 heteroatoms. The molecule has 1 unspecified atom stereocenters. The molecule has 0 saturated carbocycles. The summed E-state index contributed by atoms with van der Waals surface area (Å²) in [6, 6.07) is 0.254. The summed E-state index contributed by atoms with van der Waals surface area (Å²) in [5.41, 5.74) is 6.03. The number of nitrogens with two attached hydrogens (primary N) is 1.